The highest BCUT2D eigenvalue weighted by atomic mass is 16.1. The second-order valence-electron chi connectivity index (χ2n) is 6.25. The number of nitrogens with two attached hydrogens (primary N) is 1. The second kappa shape index (κ2) is 7.37. The van der Waals surface area contributed by atoms with Crippen molar-refractivity contribution in [3.63, 3.8) is 0 Å². The van der Waals surface area contributed by atoms with Crippen LogP contribution in [0.2, 0.25) is 0 Å². The van der Waals surface area contributed by atoms with Crippen LogP contribution in [0.5, 0.6) is 0 Å². The number of nitrogens with zero attached hydrogens (tertiary/aromatic N) is 3. The van der Waals surface area contributed by atoms with Crippen LogP contribution in [0.1, 0.15) is 37.7 Å². The molecule has 1 aliphatic carbocycles. The van der Waals surface area contributed by atoms with Gasteiger partial charge >= 0.3 is 0 Å². The summed E-state index contributed by atoms with van der Waals surface area (Å²) in [6, 6.07) is 7.99. The van der Waals surface area contributed by atoms with Gasteiger partial charge in [-0.25, -0.2) is 9.67 Å². The molecular formula is C17H23N5O. The van der Waals surface area contributed by atoms with Crippen molar-refractivity contribution in [2.45, 2.75) is 44.7 Å². The van der Waals surface area contributed by atoms with Crippen molar-refractivity contribution in [3.05, 3.63) is 42.5 Å². The van der Waals surface area contributed by atoms with Crippen LogP contribution in [0.15, 0.2) is 36.9 Å². The molecule has 1 fully saturated rings. The normalized spacial score (nSPS) is 21.1. The Hall–Kier alpha value is -2.21. The zero-order chi connectivity index (χ0) is 16.1. The topological polar surface area (TPSA) is 85.8 Å². The SMILES string of the molecule is NC1CCCCC1CC(=O)Nc1ccc(Cn2cncn2)cc1. The van der Waals surface area contributed by atoms with E-state index in [-0.39, 0.29) is 11.9 Å². The first-order valence-electron chi connectivity index (χ1n) is 8.17. The van der Waals surface area contributed by atoms with Gasteiger partial charge < -0.3 is 11.1 Å². The first-order chi connectivity index (χ1) is 11.2. The Kier molecular flexibility index (Phi) is 5.02. The Bertz CT molecular complexity index is 623. The number of carbonyl (C=O) groups excluding carboxylic acids is 1. The largest absolute Gasteiger partial charge is 0.327 e. The standard InChI is InChI=1S/C17H23N5O/c18-16-4-2-1-3-14(16)9-17(23)21-15-7-5-13(6-8-15)10-22-12-19-11-20-22/h5-8,11-12,14,16H,1-4,9-10,18H2,(H,21,23). The number of rotatable bonds is 5. The summed E-state index contributed by atoms with van der Waals surface area (Å²) in [7, 11) is 0. The summed E-state index contributed by atoms with van der Waals surface area (Å²) in [4.78, 5) is 16.1. The molecule has 0 bridgehead atoms. The average Bonchev–Trinajstić information content (AvgIpc) is 3.04. The van der Waals surface area contributed by atoms with Gasteiger partial charge in [0.2, 0.25) is 5.91 Å². The number of hydrogen-bond donors (Lipinski definition) is 2. The van der Waals surface area contributed by atoms with Gasteiger partial charge in [-0.2, -0.15) is 5.10 Å². The molecule has 6 nitrogen and oxygen atoms in total. The summed E-state index contributed by atoms with van der Waals surface area (Å²) in [5.41, 5.74) is 8.05. The van der Waals surface area contributed by atoms with E-state index in [0.717, 1.165) is 24.1 Å². The number of amides is 1. The molecule has 0 radical (unpaired) electrons. The number of nitrogens with one attached hydrogen (secondary N) is 1. The van der Waals surface area contributed by atoms with Crippen LogP contribution in [0.3, 0.4) is 0 Å². The lowest BCUT2D eigenvalue weighted by Crippen LogP contribution is -2.35. The number of aromatic nitrogens is 3. The quantitative estimate of drug-likeness (QED) is 0.886. The summed E-state index contributed by atoms with van der Waals surface area (Å²) in [5, 5.41) is 7.04. The summed E-state index contributed by atoms with van der Waals surface area (Å²) >= 11 is 0. The molecule has 1 aromatic carbocycles. The maximum atomic E-state index is 12.2. The third-order valence-corrected chi connectivity index (χ3v) is 4.46. The van der Waals surface area contributed by atoms with E-state index in [0.29, 0.717) is 18.9 Å². The minimum absolute atomic E-state index is 0.0522. The van der Waals surface area contributed by atoms with Crippen molar-refractivity contribution in [3.8, 4) is 0 Å². The highest BCUT2D eigenvalue weighted by Gasteiger charge is 2.24. The fourth-order valence-corrected chi connectivity index (χ4v) is 3.13. The van der Waals surface area contributed by atoms with E-state index in [4.69, 9.17) is 5.73 Å². The third kappa shape index (κ3) is 4.39. The molecule has 1 amide bonds. The molecule has 23 heavy (non-hydrogen) atoms. The molecule has 1 saturated carbocycles. The van der Waals surface area contributed by atoms with E-state index in [9.17, 15) is 4.79 Å². The molecule has 0 aliphatic heterocycles. The van der Waals surface area contributed by atoms with Gasteiger partial charge in [0.05, 0.1) is 6.54 Å². The Morgan fingerprint density at radius 1 is 1.26 bits per heavy atom. The van der Waals surface area contributed by atoms with Gasteiger partial charge in [0.25, 0.3) is 0 Å². The Labute approximate surface area is 136 Å². The van der Waals surface area contributed by atoms with Crippen molar-refractivity contribution in [1.82, 2.24) is 14.8 Å². The van der Waals surface area contributed by atoms with Crippen molar-refractivity contribution in [2.24, 2.45) is 11.7 Å². The van der Waals surface area contributed by atoms with Gasteiger partial charge in [-0.15, -0.1) is 0 Å². The molecule has 1 aromatic heterocycles. The maximum Gasteiger partial charge on any atom is 0.224 e. The minimum Gasteiger partial charge on any atom is -0.327 e. The lowest BCUT2D eigenvalue weighted by molar-refractivity contribution is -0.117. The fourth-order valence-electron chi connectivity index (χ4n) is 3.13. The van der Waals surface area contributed by atoms with Crippen molar-refractivity contribution < 1.29 is 4.79 Å². The molecule has 0 saturated heterocycles. The molecule has 1 aliphatic rings. The van der Waals surface area contributed by atoms with Crippen LogP contribution in [-0.4, -0.2) is 26.7 Å². The predicted octanol–water partition coefficient (Wildman–Crippen LogP) is 2.17. The average molecular weight is 313 g/mol. The van der Waals surface area contributed by atoms with E-state index >= 15 is 0 Å². The van der Waals surface area contributed by atoms with Crippen molar-refractivity contribution in [1.29, 1.82) is 0 Å². The molecular weight excluding hydrogens is 290 g/mol. The monoisotopic (exact) mass is 313 g/mol. The summed E-state index contributed by atoms with van der Waals surface area (Å²) < 4.78 is 1.76. The number of carbonyl (C=O) groups is 1. The second-order valence-corrected chi connectivity index (χ2v) is 6.25. The van der Waals surface area contributed by atoms with Gasteiger partial charge in [-0.1, -0.05) is 25.0 Å². The van der Waals surface area contributed by atoms with E-state index in [2.05, 4.69) is 15.4 Å². The van der Waals surface area contributed by atoms with Crippen LogP contribution in [0.4, 0.5) is 5.69 Å². The van der Waals surface area contributed by atoms with Crippen LogP contribution >= 0.6 is 0 Å². The lowest BCUT2D eigenvalue weighted by Gasteiger charge is -2.27. The molecule has 122 valence electrons. The molecule has 3 N–H and O–H groups in total. The van der Waals surface area contributed by atoms with E-state index in [1.807, 2.05) is 24.3 Å². The summed E-state index contributed by atoms with van der Waals surface area (Å²) in [6.07, 6.45) is 8.19. The Morgan fingerprint density at radius 2 is 2.04 bits per heavy atom. The van der Waals surface area contributed by atoms with Gasteiger partial charge in [0.15, 0.2) is 0 Å². The predicted molar refractivity (Wildman–Crippen MR) is 88.7 cm³/mol. The first-order valence-corrected chi connectivity index (χ1v) is 8.17. The van der Waals surface area contributed by atoms with E-state index in [1.165, 1.54) is 19.2 Å². The van der Waals surface area contributed by atoms with Crippen LogP contribution in [0, 0.1) is 5.92 Å². The molecule has 2 unspecified atom stereocenters. The van der Waals surface area contributed by atoms with Gasteiger partial charge in [-0.3, -0.25) is 4.79 Å². The molecule has 6 heteroatoms. The number of anilines is 1. The molecule has 1 heterocycles. The fraction of sp³-hybridized carbons (Fsp3) is 0.471. The van der Waals surface area contributed by atoms with Crippen LogP contribution in [-0.2, 0) is 11.3 Å². The van der Waals surface area contributed by atoms with E-state index < -0.39 is 0 Å². The zero-order valence-electron chi connectivity index (χ0n) is 13.2. The third-order valence-electron chi connectivity index (χ3n) is 4.46. The van der Waals surface area contributed by atoms with Crippen molar-refractivity contribution in [2.75, 3.05) is 5.32 Å². The Morgan fingerprint density at radius 3 is 2.74 bits per heavy atom. The highest BCUT2D eigenvalue weighted by Crippen LogP contribution is 2.26. The van der Waals surface area contributed by atoms with E-state index in [1.54, 1.807) is 11.0 Å². The molecule has 3 rings (SSSR count). The Balaban J connectivity index is 1.52. The number of hydrogen-bond acceptors (Lipinski definition) is 4. The minimum atomic E-state index is 0.0522. The molecule has 2 atom stereocenters. The van der Waals surface area contributed by atoms with Crippen LogP contribution < -0.4 is 11.1 Å². The highest BCUT2D eigenvalue weighted by molar-refractivity contribution is 5.90. The maximum absolute atomic E-state index is 12.2. The van der Waals surface area contributed by atoms with Gasteiger partial charge in [0, 0.05) is 18.2 Å². The van der Waals surface area contributed by atoms with Gasteiger partial charge in [0.1, 0.15) is 12.7 Å². The lowest BCUT2D eigenvalue weighted by atomic mass is 9.83. The van der Waals surface area contributed by atoms with Crippen LogP contribution in [0.25, 0.3) is 0 Å². The van der Waals surface area contributed by atoms with Crippen molar-refractivity contribution >= 4 is 11.6 Å². The summed E-state index contributed by atoms with van der Waals surface area (Å²) in [6.45, 7) is 0.672. The smallest absolute Gasteiger partial charge is 0.224 e. The molecule has 2 aromatic rings. The first kappa shape index (κ1) is 15.7. The zero-order valence-corrected chi connectivity index (χ0v) is 13.2. The molecule has 0 spiro atoms. The summed E-state index contributed by atoms with van der Waals surface area (Å²) in [5.74, 6) is 0.367. The van der Waals surface area contributed by atoms with Gasteiger partial charge in [-0.05, 0) is 36.5 Å². The number of benzene rings is 1.